The Morgan fingerprint density at radius 2 is 1.83 bits per heavy atom. The van der Waals surface area contributed by atoms with Gasteiger partial charge in [0.2, 0.25) is 0 Å². The van der Waals surface area contributed by atoms with Crippen LogP contribution in [-0.4, -0.2) is 30.6 Å². The molecule has 1 amide bonds. The van der Waals surface area contributed by atoms with Gasteiger partial charge in [0.1, 0.15) is 0 Å². The zero-order valence-corrected chi connectivity index (χ0v) is 18.0. The fraction of sp³-hybridized carbons (Fsp3) is 0.364. The Morgan fingerprint density at radius 1 is 1.13 bits per heavy atom. The molecule has 3 aromatic heterocycles. The summed E-state index contributed by atoms with van der Waals surface area (Å²) in [6, 6.07) is 7.10. The van der Waals surface area contributed by atoms with Gasteiger partial charge < -0.3 is 15.3 Å². The van der Waals surface area contributed by atoms with Crippen LogP contribution in [0.25, 0.3) is 22.1 Å². The number of benzene rings is 1. The van der Waals surface area contributed by atoms with Crippen LogP contribution in [0.3, 0.4) is 0 Å². The summed E-state index contributed by atoms with van der Waals surface area (Å²) in [5.74, 6) is -0.0797. The maximum absolute atomic E-state index is 13.3. The van der Waals surface area contributed by atoms with E-state index >= 15 is 0 Å². The Kier molecular flexibility index (Phi) is 4.52. The van der Waals surface area contributed by atoms with Gasteiger partial charge in [-0.25, -0.2) is 14.5 Å². The molecule has 3 heterocycles. The van der Waals surface area contributed by atoms with Crippen molar-refractivity contribution in [3.63, 3.8) is 0 Å². The molecule has 0 unspecified atom stereocenters. The van der Waals surface area contributed by atoms with Crippen molar-refractivity contribution >= 4 is 33.7 Å². The standard InChI is InChI=1S/C22H26N6O2/c1-11(2)16-10-14(18-12(3)27-28(19(18)24-16)22(4,5)6)20(29)23-13-7-8-15-17(9-13)26-21(30)25-15/h7-11H,1-6H3,(H,23,29)(H2,25,26,30). The van der Waals surface area contributed by atoms with Crippen molar-refractivity contribution in [3.8, 4) is 0 Å². The molecule has 0 radical (unpaired) electrons. The third-order valence-electron chi connectivity index (χ3n) is 5.08. The van der Waals surface area contributed by atoms with Gasteiger partial charge in [0.15, 0.2) is 5.65 Å². The molecule has 1 aromatic carbocycles. The van der Waals surface area contributed by atoms with Crippen molar-refractivity contribution in [1.29, 1.82) is 0 Å². The van der Waals surface area contributed by atoms with Crippen molar-refractivity contribution in [2.75, 3.05) is 5.32 Å². The van der Waals surface area contributed by atoms with Gasteiger partial charge in [-0.2, -0.15) is 5.10 Å². The summed E-state index contributed by atoms with van der Waals surface area (Å²) < 4.78 is 1.89. The Balaban J connectivity index is 1.84. The fourth-order valence-corrected chi connectivity index (χ4v) is 3.56. The lowest BCUT2D eigenvalue weighted by atomic mass is 10.0. The Labute approximate surface area is 173 Å². The van der Waals surface area contributed by atoms with Crippen LogP contribution in [0.15, 0.2) is 29.1 Å². The molecule has 4 aromatic rings. The average molecular weight is 406 g/mol. The summed E-state index contributed by atoms with van der Waals surface area (Å²) in [6.45, 7) is 12.2. The molecule has 0 bridgehead atoms. The molecule has 8 nitrogen and oxygen atoms in total. The monoisotopic (exact) mass is 406 g/mol. The number of carbonyl (C=O) groups is 1. The second-order valence-corrected chi connectivity index (χ2v) is 8.91. The van der Waals surface area contributed by atoms with Crippen molar-refractivity contribution in [1.82, 2.24) is 24.7 Å². The number of anilines is 1. The van der Waals surface area contributed by atoms with Crippen LogP contribution in [0, 0.1) is 6.92 Å². The molecule has 0 aliphatic heterocycles. The first kappa shape index (κ1) is 19.9. The molecular formula is C22H26N6O2. The van der Waals surface area contributed by atoms with Crippen LogP contribution >= 0.6 is 0 Å². The highest BCUT2D eigenvalue weighted by Gasteiger charge is 2.25. The summed E-state index contributed by atoms with van der Waals surface area (Å²) in [7, 11) is 0. The molecule has 4 rings (SSSR count). The summed E-state index contributed by atoms with van der Waals surface area (Å²) in [6.07, 6.45) is 0. The van der Waals surface area contributed by atoms with E-state index in [2.05, 4.69) is 55.0 Å². The molecule has 0 atom stereocenters. The third-order valence-corrected chi connectivity index (χ3v) is 5.08. The average Bonchev–Trinajstić information content (AvgIpc) is 3.19. The number of hydrogen-bond donors (Lipinski definition) is 3. The lowest BCUT2D eigenvalue weighted by molar-refractivity contribution is 0.102. The number of fused-ring (bicyclic) bond motifs is 2. The number of pyridine rings is 1. The largest absolute Gasteiger partial charge is 0.323 e. The number of carbonyl (C=O) groups excluding carboxylic acids is 1. The van der Waals surface area contributed by atoms with Crippen molar-refractivity contribution in [2.24, 2.45) is 0 Å². The highest BCUT2D eigenvalue weighted by Crippen LogP contribution is 2.29. The molecule has 30 heavy (non-hydrogen) atoms. The zero-order valence-electron chi connectivity index (χ0n) is 18.0. The van der Waals surface area contributed by atoms with Gasteiger partial charge >= 0.3 is 5.69 Å². The van der Waals surface area contributed by atoms with Crippen molar-refractivity contribution in [2.45, 2.75) is 53.0 Å². The first-order chi connectivity index (χ1) is 14.0. The van der Waals surface area contributed by atoms with Gasteiger partial charge in [-0.1, -0.05) is 13.8 Å². The Bertz CT molecular complexity index is 1330. The zero-order chi connectivity index (χ0) is 21.8. The van der Waals surface area contributed by atoms with Crippen molar-refractivity contribution in [3.05, 3.63) is 51.7 Å². The third kappa shape index (κ3) is 3.38. The van der Waals surface area contributed by atoms with Gasteiger partial charge in [0.05, 0.1) is 33.2 Å². The number of aromatic amines is 2. The van der Waals surface area contributed by atoms with Crippen molar-refractivity contribution < 1.29 is 4.79 Å². The molecule has 8 heteroatoms. The van der Waals surface area contributed by atoms with E-state index in [-0.39, 0.29) is 23.1 Å². The predicted molar refractivity (Wildman–Crippen MR) is 118 cm³/mol. The predicted octanol–water partition coefficient (Wildman–Crippen LogP) is 4.04. The van der Waals surface area contributed by atoms with Crippen LogP contribution in [0.5, 0.6) is 0 Å². The summed E-state index contributed by atoms with van der Waals surface area (Å²) in [5, 5.41) is 8.39. The fourth-order valence-electron chi connectivity index (χ4n) is 3.56. The number of H-pyrrole nitrogens is 2. The number of nitrogens with one attached hydrogen (secondary N) is 3. The van der Waals surface area contributed by atoms with Crippen LogP contribution in [0.2, 0.25) is 0 Å². The first-order valence-electron chi connectivity index (χ1n) is 9.99. The maximum Gasteiger partial charge on any atom is 0.323 e. The maximum atomic E-state index is 13.3. The SMILES string of the molecule is Cc1nn(C(C)(C)C)c2nc(C(C)C)cc(C(=O)Nc3ccc4[nH]c(=O)[nH]c4c3)c12. The lowest BCUT2D eigenvalue weighted by Gasteiger charge is -2.20. The van der Waals surface area contributed by atoms with Crippen LogP contribution in [0.4, 0.5) is 5.69 Å². The molecule has 0 spiro atoms. The van der Waals surface area contributed by atoms with Crippen LogP contribution in [-0.2, 0) is 5.54 Å². The van der Waals surface area contributed by atoms with E-state index in [4.69, 9.17) is 4.98 Å². The highest BCUT2D eigenvalue weighted by atomic mass is 16.2. The normalized spacial score (nSPS) is 12.2. The van der Waals surface area contributed by atoms with Gasteiger partial charge in [0, 0.05) is 11.4 Å². The minimum atomic E-state index is -0.281. The number of aryl methyl sites for hydroxylation is 1. The van der Waals surface area contributed by atoms with E-state index < -0.39 is 0 Å². The topological polar surface area (TPSA) is 108 Å². The molecule has 0 aliphatic carbocycles. The molecule has 0 fully saturated rings. The van der Waals surface area contributed by atoms with Gasteiger partial charge in [0.25, 0.3) is 5.91 Å². The van der Waals surface area contributed by atoms with E-state index in [0.717, 1.165) is 16.8 Å². The minimum Gasteiger partial charge on any atom is -0.322 e. The number of imidazole rings is 1. The number of rotatable bonds is 3. The van der Waals surface area contributed by atoms with E-state index in [9.17, 15) is 9.59 Å². The second kappa shape index (κ2) is 6.83. The number of hydrogen-bond acceptors (Lipinski definition) is 4. The van der Waals surface area contributed by atoms with Gasteiger partial charge in [-0.3, -0.25) is 4.79 Å². The summed E-state index contributed by atoms with van der Waals surface area (Å²) in [4.78, 5) is 35.0. The first-order valence-corrected chi connectivity index (χ1v) is 9.99. The van der Waals surface area contributed by atoms with Gasteiger partial charge in [-0.05, 0) is 57.9 Å². The van der Waals surface area contributed by atoms with E-state index in [0.29, 0.717) is 27.9 Å². The minimum absolute atomic E-state index is 0.158. The van der Waals surface area contributed by atoms with Crippen LogP contribution in [0.1, 0.15) is 62.3 Å². The number of nitrogens with zero attached hydrogens (tertiary/aromatic N) is 3. The quantitative estimate of drug-likeness (QED) is 0.477. The smallest absolute Gasteiger partial charge is 0.322 e. The number of aromatic nitrogens is 5. The Morgan fingerprint density at radius 3 is 2.50 bits per heavy atom. The molecule has 3 N–H and O–H groups in total. The lowest BCUT2D eigenvalue weighted by Crippen LogP contribution is -2.24. The van der Waals surface area contributed by atoms with E-state index in [1.807, 2.05) is 17.7 Å². The highest BCUT2D eigenvalue weighted by molar-refractivity contribution is 6.13. The Hall–Kier alpha value is -3.42. The van der Waals surface area contributed by atoms with Gasteiger partial charge in [-0.15, -0.1) is 0 Å². The van der Waals surface area contributed by atoms with E-state index in [1.165, 1.54) is 0 Å². The molecule has 156 valence electrons. The summed E-state index contributed by atoms with van der Waals surface area (Å²) >= 11 is 0. The molecular weight excluding hydrogens is 380 g/mol. The van der Waals surface area contributed by atoms with Crippen LogP contribution < -0.4 is 11.0 Å². The molecule has 0 saturated carbocycles. The van der Waals surface area contributed by atoms with E-state index in [1.54, 1.807) is 18.2 Å². The summed E-state index contributed by atoms with van der Waals surface area (Å²) in [5.41, 5.74) is 4.22. The second-order valence-electron chi connectivity index (χ2n) is 8.91. The molecule has 0 saturated heterocycles. The number of amides is 1. The molecule has 0 aliphatic rings.